The number of hydrogen-bond donors (Lipinski definition) is 3. The summed E-state index contributed by atoms with van der Waals surface area (Å²) >= 11 is 0. The van der Waals surface area contributed by atoms with Crippen molar-refractivity contribution in [3.8, 4) is 11.3 Å². The normalized spacial score (nSPS) is 18.9. The summed E-state index contributed by atoms with van der Waals surface area (Å²) in [5.74, 6) is 2.59. The van der Waals surface area contributed by atoms with Gasteiger partial charge in [-0.2, -0.15) is 0 Å². The van der Waals surface area contributed by atoms with E-state index in [0.29, 0.717) is 19.5 Å². The van der Waals surface area contributed by atoms with E-state index in [-0.39, 0.29) is 12.1 Å². The number of H-pyrrole nitrogens is 1. The predicted molar refractivity (Wildman–Crippen MR) is 114 cm³/mol. The maximum Gasteiger partial charge on any atom is 0.134 e. The monoisotopic (exact) mass is 393 g/mol. The van der Waals surface area contributed by atoms with Crippen LogP contribution in [0, 0.1) is 0 Å². The Morgan fingerprint density at radius 2 is 2.03 bits per heavy atom. The van der Waals surface area contributed by atoms with Gasteiger partial charge in [0.25, 0.3) is 0 Å². The summed E-state index contributed by atoms with van der Waals surface area (Å²) in [6, 6.07) is 12.3. The van der Waals surface area contributed by atoms with Crippen LogP contribution in [-0.4, -0.2) is 64.4 Å². The standard InChI is InChI=1S/C21H27N7O/c1-27(2)20-9-21(25-14-24-20)28-13-17(29)8-16(28)10-22-12-19-23-11-18(26-19)15-6-4-3-5-7-15/h3-7,9,11,14,16-17,22,29H,8,10,12-13H2,1-2H3,(H,23,26)/t16-,17-/m1/s1. The Morgan fingerprint density at radius 3 is 2.83 bits per heavy atom. The fourth-order valence-electron chi connectivity index (χ4n) is 3.68. The molecule has 3 heterocycles. The first-order chi connectivity index (χ1) is 14.1. The molecule has 29 heavy (non-hydrogen) atoms. The lowest BCUT2D eigenvalue weighted by Crippen LogP contribution is -2.38. The first-order valence-corrected chi connectivity index (χ1v) is 9.84. The van der Waals surface area contributed by atoms with Crippen LogP contribution in [0.4, 0.5) is 11.6 Å². The van der Waals surface area contributed by atoms with Gasteiger partial charge >= 0.3 is 0 Å². The van der Waals surface area contributed by atoms with Crippen molar-refractivity contribution in [2.75, 3.05) is 37.0 Å². The molecule has 4 rings (SSSR count). The second kappa shape index (κ2) is 8.59. The maximum absolute atomic E-state index is 10.2. The van der Waals surface area contributed by atoms with Gasteiger partial charge in [0.15, 0.2) is 0 Å². The Bertz CT molecular complexity index is 928. The highest BCUT2D eigenvalue weighted by Crippen LogP contribution is 2.25. The zero-order chi connectivity index (χ0) is 20.2. The van der Waals surface area contributed by atoms with Crippen molar-refractivity contribution in [3.05, 3.63) is 54.7 Å². The number of anilines is 2. The van der Waals surface area contributed by atoms with Crippen molar-refractivity contribution >= 4 is 11.6 Å². The van der Waals surface area contributed by atoms with E-state index in [0.717, 1.165) is 35.3 Å². The summed E-state index contributed by atoms with van der Waals surface area (Å²) in [5, 5.41) is 13.7. The lowest BCUT2D eigenvalue weighted by Gasteiger charge is -2.26. The summed E-state index contributed by atoms with van der Waals surface area (Å²) in [6.45, 7) is 1.95. The van der Waals surface area contributed by atoms with Crippen molar-refractivity contribution < 1.29 is 5.11 Å². The smallest absolute Gasteiger partial charge is 0.134 e. The molecule has 2 aromatic heterocycles. The third-order valence-corrected chi connectivity index (χ3v) is 5.17. The Morgan fingerprint density at radius 1 is 1.21 bits per heavy atom. The number of nitrogens with one attached hydrogen (secondary N) is 2. The summed E-state index contributed by atoms with van der Waals surface area (Å²) < 4.78 is 0. The molecule has 0 spiro atoms. The van der Waals surface area contributed by atoms with Crippen molar-refractivity contribution in [3.63, 3.8) is 0 Å². The molecule has 152 valence electrons. The lowest BCUT2D eigenvalue weighted by molar-refractivity contribution is 0.194. The SMILES string of the molecule is CN(C)c1cc(N2C[C@H](O)C[C@@H]2CNCc2ncc(-c3ccccc3)[nH]2)ncn1. The zero-order valence-corrected chi connectivity index (χ0v) is 16.8. The fourth-order valence-corrected chi connectivity index (χ4v) is 3.68. The van der Waals surface area contributed by atoms with Crippen LogP contribution in [0.3, 0.4) is 0 Å². The number of β-amino-alcohol motifs (C(OH)–C–C–N with tert-alkyl or cyclic N) is 1. The molecule has 0 unspecified atom stereocenters. The van der Waals surface area contributed by atoms with Gasteiger partial charge in [-0.05, 0) is 12.0 Å². The van der Waals surface area contributed by atoms with Crippen LogP contribution in [0.1, 0.15) is 12.2 Å². The highest BCUT2D eigenvalue weighted by Gasteiger charge is 2.31. The minimum Gasteiger partial charge on any atom is -0.391 e. The summed E-state index contributed by atoms with van der Waals surface area (Å²) in [4.78, 5) is 20.6. The quantitative estimate of drug-likeness (QED) is 0.562. The molecular formula is C21H27N7O. The van der Waals surface area contributed by atoms with Crippen LogP contribution in [0.15, 0.2) is 48.9 Å². The lowest BCUT2D eigenvalue weighted by atomic mass is 10.2. The van der Waals surface area contributed by atoms with Crippen LogP contribution < -0.4 is 15.1 Å². The van der Waals surface area contributed by atoms with Gasteiger partial charge in [-0.3, -0.25) is 0 Å². The molecule has 0 amide bonds. The molecule has 0 radical (unpaired) electrons. The topological polar surface area (TPSA) is 93.2 Å². The van der Waals surface area contributed by atoms with Crippen LogP contribution in [0.5, 0.6) is 0 Å². The average Bonchev–Trinajstić information content (AvgIpc) is 3.35. The molecule has 0 aliphatic carbocycles. The average molecular weight is 393 g/mol. The molecule has 1 aliphatic heterocycles. The van der Waals surface area contributed by atoms with Crippen molar-refractivity contribution in [1.82, 2.24) is 25.3 Å². The second-order valence-electron chi connectivity index (χ2n) is 7.57. The molecular weight excluding hydrogens is 366 g/mol. The molecule has 3 N–H and O–H groups in total. The predicted octanol–water partition coefficient (Wildman–Crippen LogP) is 1.66. The number of hydrogen-bond acceptors (Lipinski definition) is 7. The maximum atomic E-state index is 10.2. The van der Waals surface area contributed by atoms with Gasteiger partial charge < -0.3 is 25.2 Å². The number of benzene rings is 1. The van der Waals surface area contributed by atoms with Crippen LogP contribution >= 0.6 is 0 Å². The number of aromatic nitrogens is 4. The van der Waals surface area contributed by atoms with Crippen LogP contribution in [0.2, 0.25) is 0 Å². The van der Waals surface area contributed by atoms with Gasteiger partial charge in [0, 0.05) is 39.3 Å². The molecule has 8 heteroatoms. The Kier molecular flexibility index (Phi) is 5.73. The minimum atomic E-state index is -0.354. The summed E-state index contributed by atoms with van der Waals surface area (Å²) in [7, 11) is 3.91. The van der Waals surface area contributed by atoms with E-state index in [4.69, 9.17) is 0 Å². The largest absolute Gasteiger partial charge is 0.391 e. The molecule has 0 bridgehead atoms. The van der Waals surface area contributed by atoms with E-state index >= 15 is 0 Å². The molecule has 1 fully saturated rings. The Hall–Kier alpha value is -2.97. The molecule has 8 nitrogen and oxygen atoms in total. The number of aliphatic hydroxyl groups excluding tert-OH is 1. The van der Waals surface area contributed by atoms with Crippen molar-refractivity contribution in [2.24, 2.45) is 0 Å². The van der Waals surface area contributed by atoms with E-state index < -0.39 is 0 Å². The zero-order valence-electron chi connectivity index (χ0n) is 16.8. The van der Waals surface area contributed by atoms with E-state index in [9.17, 15) is 5.11 Å². The molecule has 1 saturated heterocycles. The third kappa shape index (κ3) is 4.55. The first-order valence-electron chi connectivity index (χ1n) is 9.84. The van der Waals surface area contributed by atoms with Crippen LogP contribution in [0.25, 0.3) is 11.3 Å². The van der Waals surface area contributed by atoms with Gasteiger partial charge in [-0.1, -0.05) is 30.3 Å². The van der Waals surface area contributed by atoms with E-state index in [1.54, 1.807) is 6.33 Å². The van der Waals surface area contributed by atoms with Gasteiger partial charge in [-0.15, -0.1) is 0 Å². The number of nitrogens with zero attached hydrogens (tertiary/aromatic N) is 5. The Balaban J connectivity index is 1.37. The van der Waals surface area contributed by atoms with E-state index in [1.165, 1.54) is 0 Å². The summed E-state index contributed by atoms with van der Waals surface area (Å²) in [5.41, 5.74) is 2.13. The van der Waals surface area contributed by atoms with Crippen molar-refractivity contribution in [1.29, 1.82) is 0 Å². The molecule has 3 aromatic rings. The van der Waals surface area contributed by atoms with Gasteiger partial charge in [0.05, 0.1) is 24.5 Å². The number of aliphatic hydroxyl groups is 1. The molecule has 0 saturated carbocycles. The van der Waals surface area contributed by atoms with Gasteiger partial charge in [-0.25, -0.2) is 15.0 Å². The van der Waals surface area contributed by atoms with E-state index in [1.807, 2.05) is 49.5 Å². The van der Waals surface area contributed by atoms with E-state index in [2.05, 4.69) is 42.3 Å². The van der Waals surface area contributed by atoms with Crippen LogP contribution in [-0.2, 0) is 6.54 Å². The molecule has 1 aromatic carbocycles. The number of imidazole rings is 1. The Labute approximate surface area is 170 Å². The molecule has 1 aliphatic rings. The second-order valence-corrected chi connectivity index (χ2v) is 7.57. The van der Waals surface area contributed by atoms with Crippen molar-refractivity contribution in [2.45, 2.75) is 25.1 Å². The third-order valence-electron chi connectivity index (χ3n) is 5.17. The fraction of sp³-hybridized carbons (Fsp3) is 0.381. The first kappa shape index (κ1) is 19.4. The summed E-state index contributed by atoms with van der Waals surface area (Å²) in [6.07, 6.45) is 3.80. The van der Waals surface area contributed by atoms with Gasteiger partial charge in [0.2, 0.25) is 0 Å². The number of aromatic amines is 1. The van der Waals surface area contributed by atoms with Gasteiger partial charge in [0.1, 0.15) is 23.8 Å². The molecule has 2 atom stereocenters. The minimum absolute atomic E-state index is 0.165. The highest BCUT2D eigenvalue weighted by atomic mass is 16.3. The number of rotatable bonds is 7. The highest BCUT2D eigenvalue weighted by molar-refractivity contribution is 5.58.